The molecule has 0 radical (unpaired) electrons. The lowest BCUT2D eigenvalue weighted by Crippen LogP contribution is -1.77. The van der Waals surface area contributed by atoms with E-state index in [-0.39, 0.29) is 0 Å². The first-order valence-corrected chi connectivity index (χ1v) is 3.37. The first kappa shape index (κ1) is 7.09. The van der Waals surface area contributed by atoms with Crippen LogP contribution in [0.5, 0.6) is 5.88 Å². The molecule has 4 heteroatoms. The normalized spacial score (nSPS) is 10.5. The molecule has 0 bridgehead atoms. The molecule has 1 heterocycles. The first-order valence-electron chi connectivity index (χ1n) is 3.37. The fraction of sp³-hybridized carbons (Fsp3) is 0. The largest absolute Gasteiger partial charge is 0.320 e. The Morgan fingerprint density at radius 1 is 1.25 bits per heavy atom. The van der Waals surface area contributed by atoms with E-state index in [2.05, 4.69) is 9.93 Å². The van der Waals surface area contributed by atoms with E-state index in [1.54, 1.807) is 24.3 Å². The topological polar surface area (TPSA) is 25.0 Å². The molecule has 0 amide bonds. The smallest absolute Gasteiger partial charge is 0.278 e. The maximum absolute atomic E-state index is 13.0. The minimum absolute atomic E-state index is 0.324. The fourth-order valence-corrected chi connectivity index (χ4v) is 1.14. The lowest BCUT2D eigenvalue weighted by atomic mass is 10.2. The Morgan fingerprint density at radius 3 is 2.67 bits per heavy atom. The molecule has 0 aliphatic rings. The van der Waals surface area contributed by atoms with E-state index in [4.69, 9.17) is 0 Å². The van der Waals surface area contributed by atoms with Gasteiger partial charge in [0.25, 0.3) is 5.88 Å². The fourth-order valence-electron chi connectivity index (χ4n) is 1.14. The van der Waals surface area contributed by atoms with Crippen LogP contribution in [0.4, 0.5) is 8.92 Å². The zero-order valence-electron chi connectivity index (χ0n) is 5.97. The third kappa shape index (κ3) is 0.845. The summed E-state index contributed by atoms with van der Waals surface area (Å²) in [5, 5.41) is 0.324. The summed E-state index contributed by atoms with van der Waals surface area (Å²) in [4.78, 5) is 5.74. The van der Waals surface area contributed by atoms with Crippen LogP contribution in [0.15, 0.2) is 24.3 Å². The van der Waals surface area contributed by atoms with E-state index < -0.39 is 11.7 Å². The Morgan fingerprint density at radius 2 is 2.00 bits per heavy atom. The summed E-state index contributed by atoms with van der Waals surface area (Å²) in [6, 6.07) is 6.58. The zero-order chi connectivity index (χ0) is 8.55. The molecule has 0 aliphatic carbocycles. The molecule has 0 fully saturated rings. The van der Waals surface area contributed by atoms with Crippen LogP contribution >= 0.6 is 0 Å². The number of para-hydroxylation sites is 1. The molecule has 2 rings (SSSR count). The number of hydrogen-bond donors (Lipinski definition) is 1. The number of aromatic amines is 1. The van der Waals surface area contributed by atoms with Gasteiger partial charge in [0.15, 0.2) is 5.82 Å². The highest BCUT2D eigenvalue weighted by atomic mass is 19.3. The Bertz CT molecular complexity index is 410. The summed E-state index contributed by atoms with van der Waals surface area (Å²) >= 11 is 0. The van der Waals surface area contributed by atoms with Crippen molar-refractivity contribution < 1.29 is 13.9 Å². The van der Waals surface area contributed by atoms with Crippen LogP contribution in [0.25, 0.3) is 10.9 Å². The van der Waals surface area contributed by atoms with Crippen molar-refractivity contribution in [3.05, 3.63) is 30.1 Å². The van der Waals surface area contributed by atoms with Gasteiger partial charge in [0, 0.05) is 9.91 Å². The van der Waals surface area contributed by atoms with Crippen LogP contribution in [-0.4, -0.2) is 4.98 Å². The molecule has 0 aliphatic heterocycles. The Hall–Kier alpha value is -1.58. The van der Waals surface area contributed by atoms with Crippen LogP contribution in [0.1, 0.15) is 0 Å². The van der Waals surface area contributed by atoms with Crippen LogP contribution in [0.2, 0.25) is 0 Å². The number of benzene rings is 1. The van der Waals surface area contributed by atoms with Crippen LogP contribution in [-0.2, 0) is 0 Å². The molecule has 0 spiro atoms. The lowest BCUT2D eigenvalue weighted by molar-refractivity contribution is -0.0152. The van der Waals surface area contributed by atoms with Crippen LogP contribution in [0.3, 0.4) is 0 Å². The Labute approximate surface area is 66.7 Å². The van der Waals surface area contributed by atoms with Crippen molar-refractivity contribution in [1.82, 2.24) is 4.98 Å². The number of halogens is 2. The maximum Gasteiger partial charge on any atom is 0.278 e. The molecule has 2 aromatic rings. The average molecular weight is 169 g/mol. The number of hydrogen-bond acceptors (Lipinski definition) is 1. The van der Waals surface area contributed by atoms with Gasteiger partial charge in [-0.05, 0) is 12.1 Å². The van der Waals surface area contributed by atoms with E-state index in [9.17, 15) is 8.92 Å². The van der Waals surface area contributed by atoms with E-state index in [0.29, 0.717) is 10.9 Å². The van der Waals surface area contributed by atoms with Crippen LogP contribution in [0, 0.1) is 5.82 Å². The van der Waals surface area contributed by atoms with Gasteiger partial charge in [-0.15, -0.1) is 0 Å². The summed E-state index contributed by atoms with van der Waals surface area (Å²) in [5.74, 6) is -1.18. The van der Waals surface area contributed by atoms with Gasteiger partial charge in [-0.2, -0.15) is 0 Å². The standard InChI is InChI=1S/C8H5F2NO/c9-7-5-3-1-2-4-6(5)11-8(7)12-10/h1-4,11H. The Kier molecular flexibility index (Phi) is 1.46. The highest BCUT2D eigenvalue weighted by molar-refractivity contribution is 5.82. The molecular weight excluding hydrogens is 164 g/mol. The summed E-state index contributed by atoms with van der Waals surface area (Å²) in [6.45, 7) is 0. The van der Waals surface area contributed by atoms with Gasteiger partial charge in [-0.25, -0.2) is 4.39 Å². The second-order valence-corrected chi connectivity index (χ2v) is 2.39. The SMILES string of the molecule is FOc1[nH]c2ccccc2c1F. The number of aromatic nitrogens is 1. The van der Waals surface area contributed by atoms with Crippen molar-refractivity contribution in [3.8, 4) is 5.88 Å². The predicted octanol–water partition coefficient (Wildman–Crippen LogP) is 2.57. The molecule has 0 saturated carbocycles. The third-order valence-electron chi connectivity index (χ3n) is 1.69. The van der Waals surface area contributed by atoms with E-state index in [1.165, 1.54) is 0 Å². The van der Waals surface area contributed by atoms with Gasteiger partial charge in [0.1, 0.15) is 0 Å². The second kappa shape index (κ2) is 2.48. The number of fused-ring (bicyclic) bond motifs is 1. The predicted molar refractivity (Wildman–Crippen MR) is 40.0 cm³/mol. The monoisotopic (exact) mass is 169 g/mol. The summed E-state index contributed by atoms with van der Waals surface area (Å²) in [6.07, 6.45) is 0. The van der Waals surface area contributed by atoms with Gasteiger partial charge in [0.05, 0.1) is 5.52 Å². The van der Waals surface area contributed by atoms with Gasteiger partial charge < -0.3 is 4.98 Å². The van der Waals surface area contributed by atoms with Crippen molar-refractivity contribution in [1.29, 1.82) is 0 Å². The molecule has 0 unspecified atom stereocenters. The van der Waals surface area contributed by atoms with Crippen molar-refractivity contribution in [3.63, 3.8) is 0 Å². The quantitative estimate of drug-likeness (QED) is 0.697. The zero-order valence-corrected chi connectivity index (χ0v) is 5.97. The van der Waals surface area contributed by atoms with Gasteiger partial charge in [-0.1, -0.05) is 12.1 Å². The second-order valence-electron chi connectivity index (χ2n) is 2.39. The van der Waals surface area contributed by atoms with Crippen molar-refractivity contribution in [2.24, 2.45) is 0 Å². The maximum atomic E-state index is 13.0. The molecule has 12 heavy (non-hydrogen) atoms. The number of nitrogens with one attached hydrogen (secondary N) is 1. The highest BCUT2D eigenvalue weighted by Gasteiger charge is 2.11. The molecular formula is C8H5F2NO. The molecule has 0 saturated heterocycles. The van der Waals surface area contributed by atoms with Crippen molar-refractivity contribution in [2.45, 2.75) is 0 Å². The molecule has 1 N–H and O–H groups in total. The number of H-pyrrole nitrogens is 1. The molecule has 62 valence electrons. The molecule has 2 nitrogen and oxygen atoms in total. The summed E-state index contributed by atoms with van der Waals surface area (Å²) in [5.41, 5.74) is 0.516. The van der Waals surface area contributed by atoms with Crippen molar-refractivity contribution >= 4 is 10.9 Å². The van der Waals surface area contributed by atoms with Gasteiger partial charge >= 0.3 is 0 Å². The van der Waals surface area contributed by atoms with Crippen molar-refractivity contribution in [2.75, 3.05) is 0 Å². The summed E-state index contributed by atoms with van der Waals surface area (Å²) in [7, 11) is 0. The molecule has 0 atom stereocenters. The van der Waals surface area contributed by atoms with E-state index in [0.717, 1.165) is 0 Å². The van der Waals surface area contributed by atoms with Gasteiger partial charge in [0.2, 0.25) is 0 Å². The van der Waals surface area contributed by atoms with E-state index >= 15 is 0 Å². The number of rotatable bonds is 1. The first-order chi connectivity index (χ1) is 5.83. The third-order valence-corrected chi connectivity index (χ3v) is 1.69. The van der Waals surface area contributed by atoms with Crippen LogP contribution < -0.4 is 4.94 Å². The highest BCUT2D eigenvalue weighted by Crippen LogP contribution is 2.25. The van der Waals surface area contributed by atoms with E-state index in [1.807, 2.05) is 0 Å². The average Bonchev–Trinajstić information content (AvgIpc) is 2.44. The lowest BCUT2D eigenvalue weighted by Gasteiger charge is -1.84. The minimum Gasteiger partial charge on any atom is -0.320 e. The molecule has 1 aromatic carbocycles. The van der Waals surface area contributed by atoms with Gasteiger partial charge in [-0.3, -0.25) is 4.94 Å². The summed E-state index contributed by atoms with van der Waals surface area (Å²) < 4.78 is 24.7. The molecule has 1 aromatic heterocycles. The minimum atomic E-state index is -0.701. The Balaban J connectivity index is 2.78.